The Morgan fingerprint density at radius 3 is 2.35 bits per heavy atom. The van der Waals surface area contributed by atoms with Gasteiger partial charge in [-0.05, 0) is 30.2 Å². The molecule has 0 bridgehead atoms. The van der Waals surface area contributed by atoms with Gasteiger partial charge >= 0.3 is 0 Å². The summed E-state index contributed by atoms with van der Waals surface area (Å²) in [4.78, 5) is 21.0. The fourth-order valence-corrected chi connectivity index (χ4v) is 2.89. The van der Waals surface area contributed by atoms with Gasteiger partial charge in [-0.15, -0.1) is 0 Å². The van der Waals surface area contributed by atoms with E-state index in [2.05, 4.69) is 15.3 Å². The van der Waals surface area contributed by atoms with Crippen molar-refractivity contribution >= 4 is 17.5 Å². The number of halogens is 1. The van der Waals surface area contributed by atoms with Gasteiger partial charge in [0.1, 0.15) is 0 Å². The average Bonchev–Trinajstić information content (AvgIpc) is 2.67. The lowest BCUT2D eigenvalue weighted by molar-refractivity contribution is -0.121. The van der Waals surface area contributed by atoms with Gasteiger partial charge < -0.3 is 5.32 Å². The molecule has 2 aromatic carbocycles. The lowest BCUT2D eigenvalue weighted by Crippen LogP contribution is -2.25. The third-order valence-electron chi connectivity index (χ3n) is 4.16. The van der Waals surface area contributed by atoms with E-state index < -0.39 is 0 Å². The van der Waals surface area contributed by atoms with Crippen molar-refractivity contribution in [2.45, 2.75) is 25.8 Å². The summed E-state index contributed by atoms with van der Waals surface area (Å²) in [6.07, 6.45) is 3.73. The molecular formula is C21H20ClN3O. The monoisotopic (exact) mass is 365 g/mol. The van der Waals surface area contributed by atoms with E-state index in [1.54, 1.807) is 12.4 Å². The van der Waals surface area contributed by atoms with Crippen LogP contribution < -0.4 is 5.32 Å². The second-order valence-electron chi connectivity index (χ2n) is 6.14. The zero-order valence-electron chi connectivity index (χ0n) is 14.5. The Morgan fingerprint density at radius 2 is 1.69 bits per heavy atom. The van der Waals surface area contributed by atoms with E-state index in [1.807, 2.05) is 61.5 Å². The number of carbonyl (C=O) groups is 1. The first-order chi connectivity index (χ1) is 12.6. The van der Waals surface area contributed by atoms with Crippen molar-refractivity contribution in [1.29, 1.82) is 0 Å². The molecule has 1 aromatic heterocycles. The molecule has 3 rings (SSSR count). The van der Waals surface area contributed by atoms with Gasteiger partial charge in [0.25, 0.3) is 0 Å². The predicted molar refractivity (Wildman–Crippen MR) is 103 cm³/mol. The second kappa shape index (κ2) is 8.59. The molecule has 1 N–H and O–H groups in total. The minimum Gasteiger partial charge on any atom is -0.350 e. The van der Waals surface area contributed by atoms with Crippen molar-refractivity contribution in [2.24, 2.45) is 0 Å². The van der Waals surface area contributed by atoms with Crippen LogP contribution in [0.1, 0.15) is 34.9 Å². The predicted octanol–water partition coefficient (Wildman–Crippen LogP) is 4.28. The number of nitrogens with one attached hydrogen (secondary N) is 1. The van der Waals surface area contributed by atoms with Crippen molar-refractivity contribution in [1.82, 2.24) is 15.3 Å². The summed E-state index contributed by atoms with van der Waals surface area (Å²) in [5.74, 6) is -0.0613. The van der Waals surface area contributed by atoms with Crippen LogP contribution in [0.25, 0.3) is 0 Å². The molecule has 26 heavy (non-hydrogen) atoms. The maximum atomic E-state index is 12.5. The maximum absolute atomic E-state index is 12.5. The molecule has 132 valence electrons. The standard InChI is InChI=1S/C21H20ClN3O/c1-15-12-24-19(13-23-15)14-25-21(26)11-20(16-5-3-2-4-6-16)17-7-9-18(22)10-8-17/h2-10,12-13,20H,11,14H2,1H3,(H,25,26). The first kappa shape index (κ1) is 18.1. The summed E-state index contributed by atoms with van der Waals surface area (Å²) < 4.78 is 0. The molecule has 1 atom stereocenters. The van der Waals surface area contributed by atoms with Crippen LogP contribution in [0, 0.1) is 6.92 Å². The second-order valence-corrected chi connectivity index (χ2v) is 6.58. The van der Waals surface area contributed by atoms with Gasteiger partial charge in [0, 0.05) is 23.6 Å². The summed E-state index contributed by atoms with van der Waals surface area (Å²) in [6.45, 7) is 2.25. The van der Waals surface area contributed by atoms with Crippen molar-refractivity contribution in [2.75, 3.05) is 0 Å². The number of aryl methyl sites for hydroxylation is 1. The Labute approximate surface area is 158 Å². The minimum absolute atomic E-state index is 0.0300. The van der Waals surface area contributed by atoms with Crippen molar-refractivity contribution in [3.05, 3.63) is 94.5 Å². The first-order valence-electron chi connectivity index (χ1n) is 8.46. The number of benzene rings is 2. The van der Waals surface area contributed by atoms with E-state index in [0.717, 1.165) is 22.5 Å². The Hall–Kier alpha value is -2.72. The number of amides is 1. The highest BCUT2D eigenvalue weighted by Gasteiger charge is 2.18. The highest BCUT2D eigenvalue weighted by Crippen LogP contribution is 2.28. The summed E-state index contributed by atoms with van der Waals surface area (Å²) in [5, 5.41) is 3.62. The van der Waals surface area contributed by atoms with Crippen molar-refractivity contribution < 1.29 is 4.79 Å². The van der Waals surface area contributed by atoms with Crippen LogP contribution in [0.3, 0.4) is 0 Å². The molecule has 1 amide bonds. The Balaban J connectivity index is 1.71. The number of aromatic nitrogens is 2. The quantitative estimate of drug-likeness (QED) is 0.709. The first-order valence-corrected chi connectivity index (χ1v) is 8.84. The van der Waals surface area contributed by atoms with E-state index in [4.69, 9.17) is 11.6 Å². The van der Waals surface area contributed by atoms with Crippen molar-refractivity contribution in [3.63, 3.8) is 0 Å². The molecule has 1 heterocycles. The Kier molecular flexibility index (Phi) is 5.97. The van der Waals surface area contributed by atoms with Crippen LogP contribution in [0.4, 0.5) is 0 Å². The zero-order chi connectivity index (χ0) is 18.4. The molecule has 1 unspecified atom stereocenters. The normalized spacial score (nSPS) is 11.8. The molecule has 0 spiro atoms. The van der Waals surface area contributed by atoms with Gasteiger partial charge in [0.2, 0.25) is 5.91 Å². The molecule has 0 saturated heterocycles. The minimum atomic E-state index is -0.0313. The number of rotatable bonds is 6. The van der Waals surface area contributed by atoms with Gasteiger partial charge in [-0.25, -0.2) is 0 Å². The van der Waals surface area contributed by atoms with E-state index >= 15 is 0 Å². The highest BCUT2D eigenvalue weighted by molar-refractivity contribution is 6.30. The van der Waals surface area contributed by atoms with Crippen LogP contribution in [-0.4, -0.2) is 15.9 Å². The van der Waals surface area contributed by atoms with E-state index in [-0.39, 0.29) is 11.8 Å². The zero-order valence-corrected chi connectivity index (χ0v) is 15.3. The van der Waals surface area contributed by atoms with Gasteiger partial charge in [0.15, 0.2) is 0 Å². The van der Waals surface area contributed by atoms with E-state index in [0.29, 0.717) is 18.0 Å². The Bertz CT molecular complexity index is 849. The summed E-state index contributed by atoms with van der Waals surface area (Å²) in [7, 11) is 0. The van der Waals surface area contributed by atoms with E-state index in [1.165, 1.54) is 0 Å². The topological polar surface area (TPSA) is 54.9 Å². The summed E-state index contributed by atoms with van der Waals surface area (Å²) in [6, 6.07) is 17.7. The van der Waals surface area contributed by atoms with Crippen molar-refractivity contribution in [3.8, 4) is 0 Å². The SMILES string of the molecule is Cc1cnc(CNC(=O)CC(c2ccccc2)c2ccc(Cl)cc2)cn1. The van der Waals surface area contributed by atoms with Crippen LogP contribution in [0.5, 0.6) is 0 Å². The largest absolute Gasteiger partial charge is 0.350 e. The third-order valence-corrected chi connectivity index (χ3v) is 4.42. The maximum Gasteiger partial charge on any atom is 0.221 e. The molecule has 4 nitrogen and oxygen atoms in total. The molecule has 0 radical (unpaired) electrons. The third kappa shape index (κ3) is 4.90. The molecule has 0 fully saturated rings. The fourth-order valence-electron chi connectivity index (χ4n) is 2.77. The highest BCUT2D eigenvalue weighted by atomic mass is 35.5. The number of carbonyl (C=O) groups excluding carboxylic acids is 1. The molecule has 0 aliphatic heterocycles. The number of hydrogen-bond acceptors (Lipinski definition) is 3. The molecule has 3 aromatic rings. The molecule has 0 saturated carbocycles. The lowest BCUT2D eigenvalue weighted by atomic mass is 9.88. The van der Waals surface area contributed by atoms with Crippen LogP contribution >= 0.6 is 11.6 Å². The lowest BCUT2D eigenvalue weighted by Gasteiger charge is -2.18. The molecule has 0 aliphatic carbocycles. The molecule has 5 heteroatoms. The van der Waals surface area contributed by atoms with Crippen LogP contribution in [0.2, 0.25) is 5.02 Å². The van der Waals surface area contributed by atoms with Crippen LogP contribution in [0.15, 0.2) is 67.0 Å². The van der Waals surface area contributed by atoms with Crippen LogP contribution in [-0.2, 0) is 11.3 Å². The average molecular weight is 366 g/mol. The van der Waals surface area contributed by atoms with Gasteiger partial charge in [-0.2, -0.15) is 0 Å². The van der Waals surface area contributed by atoms with Gasteiger partial charge in [-0.3, -0.25) is 14.8 Å². The number of nitrogens with zero attached hydrogens (tertiary/aromatic N) is 2. The summed E-state index contributed by atoms with van der Waals surface area (Å²) in [5.41, 5.74) is 3.75. The smallest absolute Gasteiger partial charge is 0.221 e. The molecule has 0 aliphatic rings. The fraction of sp³-hybridized carbons (Fsp3) is 0.190. The van der Waals surface area contributed by atoms with Gasteiger partial charge in [0.05, 0.1) is 24.1 Å². The summed E-state index contributed by atoms with van der Waals surface area (Å²) >= 11 is 6.00. The Morgan fingerprint density at radius 1 is 1.00 bits per heavy atom. The van der Waals surface area contributed by atoms with E-state index in [9.17, 15) is 4.79 Å². The molecular weight excluding hydrogens is 346 g/mol. The van der Waals surface area contributed by atoms with Gasteiger partial charge in [-0.1, -0.05) is 54.1 Å². The number of hydrogen-bond donors (Lipinski definition) is 1.